The summed E-state index contributed by atoms with van der Waals surface area (Å²) < 4.78 is 0. The normalized spacial score (nSPS) is 12.9. The fourth-order valence-corrected chi connectivity index (χ4v) is 5.38. The van der Waals surface area contributed by atoms with Gasteiger partial charge in [-0.15, -0.1) is 0 Å². The number of hydrogen-bond acceptors (Lipinski definition) is 5. The number of nitrogens with zero attached hydrogens (tertiary/aromatic N) is 1. The molecule has 0 unspecified atom stereocenters. The first-order valence-electron chi connectivity index (χ1n) is 14.8. The average Bonchev–Trinajstić information content (AvgIpc) is 3.01. The van der Waals surface area contributed by atoms with Gasteiger partial charge in [-0.1, -0.05) is 84.9 Å². The minimum atomic E-state index is -1.06. The van der Waals surface area contributed by atoms with Crippen LogP contribution in [-0.4, -0.2) is 54.3 Å². The zero-order valence-electron chi connectivity index (χ0n) is 25.2. The van der Waals surface area contributed by atoms with E-state index in [9.17, 15) is 19.2 Å². The molecule has 0 aliphatic rings. The van der Waals surface area contributed by atoms with Crippen LogP contribution in [0.15, 0.2) is 89.9 Å². The van der Waals surface area contributed by atoms with Crippen molar-refractivity contribution in [3.05, 3.63) is 96.1 Å². The Kier molecular flexibility index (Phi) is 11.1. The van der Waals surface area contributed by atoms with Crippen LogP contribution in [0.2, 0.25) is 0 Å². The number of amides is 4. The van der Waals surface area contributed by atoms with E-state index < -0.39 is 41.8 Å². The van der Waals surface area contributed by atoms with E-state index in [0.29, 0.717) is 6.42 Å². The Hall–Kier alpha value is -5.45. The molecule has 0 saturated heterocycles. The Bertz CT molecular complexity index is 1710. The standard InChI is InChI=1S/C34H39N7O4/c1-21(42)39-30(20-25-14-7-12-23-10-3-5-16-27(23)25)33(45)40-28(17-8-18-38-34(36)37)32(44)41-29(31(35)43)19-24-13-6-11-22-9-2-4-15-26(22)24/h2-7,9-16,28-30H,8,17-20H2,1H3,(H2,35,43)(H,39,42)(H,40,45)(H,41,44)(H4,36,37,38)/t28-,29-,30+/m0/s1. The largest absolute Gasteiger partial charge is 0.370 e. The van der Waals surface area contributed by atoms with Crippen LogP contribution in [0.1, 0.15) is 30.9 Å². The molecule has 4 aromatic rings. The van der Waals surface area contributed by atoms with Crippen LogP contribution in [0.25, 0.3) is 21.5 Å². The number of benzene rings is 4. The van der Waals surface area contributed by atoms with Crippen molar-refractivity contribution in [1.29, 1.82) is 0 Å². The molecule has 0 saturated carbocycles. The third-order valence-electron chi connectivity index (χ3n) is 7.54. The van der Waals surface area contributed by atoms with E-state index in [2.05, 4.69) is 20.9 Å². The molecule has 45 heavy (non-hydrogen) atoms. The van der Waals surface area contributed by atoms with Crippen molar-refractivity contribution in [2.24, 2.45) is 22.2 Å². The van der Waals surface area contributed by atoms with Gasteiger partial charge in [0.15, 0.2) is 5.96 Å². The molecule has 4 rings (SSSR count). The van der Waals surface area contributed by atoms with E-state index in [0.717, 1.165) is 32.7 Å². The molecule has 4 amide bonds. The quantitative estimate of drug-likeness (QED) is 0.0716. The zero-order valence-corrected chi connectivity index (χ0v) is 25.2. The smallest absolute Gasteiger partial charge is 0.243 e. The lowest BCUT2D eigenvalue weighted by molar-refractivity contribution is -0.133. The van der Waals surface area contributed by atoms with Crippen molar-refractivity contribution in [3.63, 3.8) is 0 Å². The van der Waals surface area contributed by atoms with E-state index in [-0.39, 0.29) is 31.8 Å². The number of hydrogen-bond donors (Lipinski definition) is 6. The zero-order chi connectivity index (χ0) is 32.3. The van der Waals surface area contributed by atoms with Gasteiger partial charge in [0.2, 0.25) is 23.6 Å². The highest BCUT2D eigenvalue weighted by Gasteiger charge is 2.29. The Morgan fingerprint density at radius 3 is 1.67 bits per heavy atom. The van der Waals surface area contributed by atoms with Crippen molar-refractivity contribution in [1.82, 2.24) is 16.0 Å². The van der Waals surface area contributed by atoms with Crippen molar-refractivity contribution < 1.29 is 19.2 Å². The van der Waals surface area contributed by atoms with Gasteiger partial charge in [-0.05, 0) is 45.5 Å². The van der Waals surface area contributed by atoms with Gasteiger partial charge >= 0.3 is 0 Å². The number of fused-ring (bicyclic) bond motifs is 2. The van der Waals surface area contributed by atoms with Gasteiger partial charge in [-0.25, -0.2) is 0 Å². The van der Waals surface area contributed by atoms with Crippen LogP contribution in [0.4, 0.5) is 0 Å². The first-order chi connectivity index (χ1) is 21.6. The molecule has 0 aliphatic carbocycles. The molecule has 9 N–H and O–H groups in total. The summed E-state index contributed by atoms with van der Waals surface area (Å²) in [5.41, 5.74) is 18.3. The fraction of sp³-hybridized carbons (Fsp3) is 0.265. The Labute approximate surface area is 261 Å². The summed E-state index contributed by atoms with van der Waals surface area (Å²) in [7, 11) is 0. The molecule has 0 bridgehead atoms. The monoisotopic (exact) mass is 609 g/mol. The topological polar surface area (TPSA) is 195 Å². The van der Waals surface area contributed by atoms with Crippen molar-refractivity contribution in [2.45, 2.75) is 50.7 Å². The third-order valence-corrected chi connectivity index (χ3v) is 7.54. The summed E-state index contributed by atoms with van der Waals surface area (Å²) in [5, 5.41) is 12.1. The molecule has 4 aromatic carbocycles. The average molecular weight is 610 g/mol. The maximum Gasteiger partial charge on any atom is 0.243 e. The number of primary amides is 1. The van der Waals surface area contributed by atoms with E-state index >= 15 is 0 Å². The molecular weight excluding hydrogens is 570 g/mol. The molecule has 3 atom stereocenters. The predicted octanol–water partition coefficient (Wildman–Crippen LogP) is 1.79. The van der Waals surface area contributed by atoms with Crippen LogP contribution in [0, 0.1) is 0 Å². The van der Waals surface area contributed by atoms with E-state index in [1.54, 1.807) is 0 Å². The first-order valence-corrected chi connectivity index (χ1v) is 14.8. The second-order valence-electron chi connectivity index (χ2n) is 10.9. The second kappa shape index (κ2) is 15.3. The van der Waals surface area contributed by atoms with Gasteiger partial charge in [0.05, 0.1) is 0 Å². The van der Waals surface area contributed by atoms with Gasteiger partial charge in [0, 0.05) is 26.3 Å². The summed E-state index contributed by atoms with van der Waals surface area (Å²) in [6, 6.07) is 23.9. The highest BCUT2D eigenvalue weighted by atomic mass is 16.2. The Morgan fingerprint density at radius 1 is 0.644 bits per heavy atom. The summed E-state index contributed by atoms with van der Waals surface area (Å²) in [6.45, 7) is 1.55. The molecular formula is C34H39N7O4. The Morgan fingerprint density at radius 2 is 1.13 bits per heavy atom. The van der Waals surface area contributed by atoms with Crippen LogP contribution in [-0.2, 0) is 32.0 Å². The number of nitrogens with two attached hydrogens (primary N) is 3. The number of carbonyl (C=O) groups is 4. The van der Waals surface area contributed by atoms with Gasteiger partial charge in [-0.3, -0.25) is 24.2 Å². The molecule has 0 aromatic heterocycles. The number of guanidine groups is 1. The van der Waals surface area contributed by atoms with Gasteiger partial charge in [0.1, 0.15) is 18.1 Å². The van der Waals surface area contributed by atoms with Crippen LogP contribution in [0.5, 0.6) is 0 Å². The highest BCUT2D eigenvalue weighted by Crippen LogP contribution is 2.21. The molecule has 0 spiro atoms. The second-order valence-corrected chi connectivity index (χ2v) is 10.9. The molecule has 11 nitrogen and oxygen atoms in total. The lowest BCUT2D eigenvalue weighted by Crippen LogP contribution is -2.57. The number of aliphatic imine (C=N–C) groups is 1. The van der Waals surface area contributed by atoms with Gasteiger partial charge < -0.3 is 33.2 Å². The molecule has 0 fully saturated rings. The van der Waals surface area contributed by atoms with E-state index in [1.165, 1.54) is 6.92 Å². The summed E-state index contributed by atoms with van der Waals surface area (Å²) >= 11 is 0. The molecule has 0 radical (unpaired) electrons. The molecule has 234 valence electrons. The van der Waals surface area contributed by atoms with Gasteiger partial charge in [0.25, 0.3) is 0 Å². The lowest BCUT2D eigenvalue weighted by atomic mass is 9.97. The van der Waals surface area contributed by atoms with Crippen molar-refractivity contribution >= 4 is 51.1 Å². The number of carbonyl (C=O) groups excluding carboxylic acids is 4. The molecule has 0 heterocycles. The SMILES string of the molecule is CC(=O)N[C@H](Cc1cccc2ccccc12)C(=O)N[C@@H](CCCN=C(N)N)C(=O)N[C@@H](Cc1cccc2ccccc12)C(N)=O. The minimum Gasteiger partial charge on any atom is -0.370 e. The van der Waals surface area contributed by atoms with Crippen LogP contribution < -0.4 is 33.2 Å². The first kappa shape index (κ1) is 32.5. The highest BCUT2D eigenvalue weighted by molar-refractivity contribution is 5.95. The number of rotatable bonds is 14. The van der Waals surface area contributed by atoms with Crippen LogP contribution >= 0.6 is 0 Å². The molecule has 11 heteroatoms. The lowest BCUT2D eigenvalue weighted by Gasteiger charge is -2.25. The minimum absolute atomic E-state index is 0.0928. The summed E-state index contributed by atoms with van der Waals surface area (Å²) in [6.07, 6.45) is 0.872. The predicted molar refractivity (Wildman–Crippen MR) is 176 cm³/mol. The third kappa shape index (κ3) is 9.02. The molecule has 0 aliphatic heterocycles. The number of nitrogens with one attached hydrogen (secondary N) is 3. The van der Waals surface area contributed by atoms with Crippen LogP contribution in [0.3, 0.4) is 0 Å². The van der Waals surface area contributed by atoms with E-state index in [4.69, 9.17) is 17.2 Å². The summed E-state index contributed by atoms with van der Waals surface area (Å²) in [5.74, 6) is -2.35. The van der Waals surface area contributed by atoms with Gasteiger partial charge in [-0.2, -0.15) is 0 Å². The van der Waals surface area contributed by atoms with E-state index in [1.807, 2.05) is 84.9 Å². The summed E-state index contributed by atoms with van der Waals surface area (Å²) in [4.78, 5) is 55.9. The Balaban J connectivity index is 1.55. The van der Waals surface area contributed by atoms with Crippen molar-refractivity contribution in [2.75, 3.05) is 6.54 Å². The fourth-order valence-electron chi connectivity index (χ4n) is 5.38. The van der Waals surface area contributed by atoms with Crippen molar-refractivity contribution in [3.8, 4) is 0 Å². The maximum absolute atomic E-state index is 13.7. The maximum atomic E-state index is 13.7.